The number of alkyl halides is 3. The monoisotopic (exact) mass is 391 g/mol. The number of aromatic amines is 1. The zero-order valence-electron chi connectivity index (χ0n) is 15.9. The molecule has 1 N–H and O–H groups in total. The minimum atomic E-state index is -4.49. The highest BCUT2D eigenvalue weighted by Gasteiger charge is 2.33. The highest BCUT2D eigenvalue weighted by atomic mass is 19.4. The second-order valence-corrected chi connectivity index (χ2v) is 7.62. The molecule has 0 atom stereocenters. The van der Waals surface area contributed by atoms with Gasteiger partial charge in [-0.1, -0.05) is 20.8 Å². The van der Waals surface area contributed by atoms with Crippen molar-refractivity contribution in [3.8, 4) is 28.7 Å². The molecule has 0 aliphatic heterocycles. The van der Waals surface area contributed by atoms with E-state index < -0.39 is 11.9 Å². The Hall–Kier alpha value is -2.97. The van der Waals surface area contributed by atoms with Crippen LogP contribution < -0.4 is 4.74 Å². The number of aryl methyl sites for hydroxylation is 1. The molecule has 0 spiro atoms. The minimum absolute atomic E-state index is 0.00662. The number of hydrogen-bond donors (Lipinski definition) is 1. The lowest BCUT2D eigenvalue weighted by Gasteiger charge is -2.18. The normalized spacial score (nSPS) is 12.2. The van der Waals surface area contributed by atoms with Crippen LogP contribution in [0.3, 0.4) is 0 Å². The molecule has 3 aromatic heterocycles. The van der Waals surface area contributed by atoms with E-state index in [2.05, 4.69) is 45.7 Å². The molecule has 0 fully saturated rings. The third-order valence-electron chi connectivity index (χ3n) is 3.79. The van der Waals surface area contributed by atoms with Crippen molar-refractivity contribution in [2.75, 3.05) is 6.61 Å². The molecule has 3 rings (SSSR count). The maximum atomic E-state index is 12.7. The smallest absolute Gasteiger partial charge is 0.432 e. The summed E-state index contributed by atoms with van der Waals surface area (Å²) in [6, 6.07) is 1.82. The van der Waals surface area contributed by atoms with Gasteiger partial charge in [0.1, 0.15) is 11.4 Å². The van der Waals surface area contributed by atoms with Gasteiger partial charge in [-0.15, -0.1) is 0 Å². The number of aromatic nitrogens is 5. The van der Waals surface area contributed by atoms with Crippen molar-refractivity contribution < 1.29 is 17.9 Å². The summed E-state index contributed by atoms with van der Waals surface area (Å²) < 4.78 is 43.7. The zero-order valence-corrected chi connectivity index (χ0v) is 15.9. The summed E-state index contributed by atoms with van der Waals surface area (Å²) in [4.78, 5) is 18.7. The minimum Gasteiger partial charge on any atom is -0.477 e. The predicted octanol–water partition coefficient (Wildman–Crippen LogP) is 4.68. The van der Waals surface area contributed by atoms with Crippen LogP contribution in [0.5, 0.6) is 5.88 Å². The summed E-state index contributed by atoms with van der Waals surface area (Å²) in [5, 5.41) is 0. The summed E-state index contributed by atoms with van der Waals surface area (Å²) in [6.45, 7) is 8.65. The first-order valence-electron chi connectivity index (χ1n) is 8.57. The van der Waals surface area contributed by atoms with Gasteiger partial charge in [-0.2, -0.15) is 13.2 Å². The van der Waals surface area contributed by atoms with Crippen LogP contribution in [-0.4, -0.2) is 31.5 Å². The molecule has 0 saturated carbocycles. The van der Waals surface area contributed by atoms with Gasteiger partial charge in [0.25, 0.3) is 0 Å². The van der Waals surface area contributed by atoms with Crippen LogP contribution in [-0.2, 0) is 6.18 Å². The number of pyridine rings is 1. The van der Waals surface area contributed by atoms with Gasteiger partial charge in [-0.3, -0.25) is 4.98 Å². The molecule has 0 aliphatic rings. The van der Waals surface area contributed by atoms with Crippen LogP contribution in [0.15, 0.2) is 30.9 Å². The third-order valence-corrected chi connectivity index (χ3v) is 3.79. The molecule has 0 aromatic carbocycles. The standard InChI is InChI=1S/C19H20F3N5O/c1-11-5-16(28-10-18(2,3)4)25-6-12(11)13-7-24-14(8-23-13)17-26-9-15(27-17)19(20,21)22/h5-9H,10H2,1-4H3,(H,26,27). The van der Waals surface area contributed by atoms with Crippen molar-refractivity contribution in [1.82, 2.24) is 24.9 Å². The number of rotatable bonds is 4. The van der Waals surface area contributed by atoms with Crippen LogP contribution in [0, 0.1) is 12.3 Å². The van der Waals surface area contributed by atoms with Gasteiger partial charge in [-0.25, -0.2) is 15.0 Å². The van der Waals surface area contributed by atoms with E-state index in [0.717, 1.165) is 17.3 Å². The van der Waals surface area contributed by atoms with Crippen LogP contribution in [0.4, 0.5) is 13.2 Å². The van der Waals surface area contributed by atoms with Crippen molar-refractivity contribution in [2.24, 2.45) is 5.41 Å². The molecule has 0 aliphatic carbocycles. The van der Waals surface area contributed by atoms with E-state index in [1.54, 1.807) is 6.20 Å². The lowest BCUT2D eigenvalue weighted by Crippen LogP contribution is -2.17. The van der Waals surface area contributed by atoms with E-state index in [4.69, 9.17) is 4.74 Å². The fourth-order valence-electron chi connectivity index (χ4n) is 2.35. The number of hydrogen-bond acceptors (Lipinski definition) is 5. The number of ether oxygens (including phenoxy) is 1. The molecule has 6 nitrogen and oxygen atoms in total. The summed E-state index contributed by atoms with van der Waals surface area (Å²) in [5.74, 6) is 0.531. The number of H-pyrrole nitrogens is 1. The second kappa shape index (κ2) is 7.21. The Labute approximate surface area is 160 Å². The van der Waals surface area contributed by atoms with Crippen LogP contribution in [0.1, 0.15) is 32.0 Å². The zero-order chi connectivity index (χ0) is 20.5. The summed E-state index contributed by atoms with van der Waals surface area (Å²) in [6.07, 6.45) is 0.738. The van der Waals surface area contributed by atoms with E-state index in [1.807, 2.05) is 13.0 Å². The summed E-state index contributed by atoms with van der Waals surface area (Å²) >= 11 is 0. The molecular weight excluding hydrogens is 371 g/mol. The Morgan fingerprint density at radius 1 is 0.929 bits per heavy atom. The Bertz CT molecular complexity index is 959. The van der Waals surface area contributed by atoms with Crippen molar-refractivity contribution >= 4 is 0 Å². The van der Waals surface area contributed by atoms with Gasteiger partial charge in [0.05, 0.1) is 30.9 Å². The maximum Gasteiger partial charge on any atom is 0.432 e. The van der Waals surface area contributed by atoms with Crippen LogP contribution in [0.2, 0.25) is 0 Å². The average Bonchev–Trinajstić information content (AvgIpc) is 3.10. The quantitative estimate of drug-likeness (QED) is 0.699. The molecule has 9 heteroatoms. The van der Waals surface area contributed by atoms with Crippen LogP contribution >= 0.6 is 0 Å². The Morgan fingerprint density at radius 2 is 1.61 bits per heavy atom. The maximum absolute atomic E-state index is 12.7. The number of nitrogens with zero attached hydrogens (tertiary/aromatic N) is 4. The lowest BCUT2D eigenvalue weighted by molar-refractivity contribution is -0.140. The highest BCUT2D eigenvalue weighted by molar-refractivity contribution is 5.63. The molecule has 148 valence electrons. The second-order valence-electron chi connectivity index (χ2n) is 7.62. The SMILES string of the molecule is Cc1cc(OCC(C)(C)C)ncc1-c1cnc(-c2ncc(C(F)(F)F)[nH]2)cn1. The molecule has 3 aromatic rings. The fourth-order valence-corrected chi connectivity index (χ4v) is 2.35. The van der Waals surface area contributed by atoms with Crippen molar-refractivity contribution in [1.29, 1.82) is 0 Å². The number of imidazole rings is 1. The van der Waals surface area contributed by atoms with Gasteiger partial charge in [0.2, 0.25) is 5.88 Å². The van der Waals surface area contributed by atoms with E-state index in [-0.39, 0.29) is 16.9 Å². The van der Waals surface area contributed by atoms with Crippen molar-refractivity contribution in [3.63, 3.8) is 0 Å². The van der Waals surface area contributed by atoms with E-state index in [0.29, 0.717) is 18.2 Å². The van der Waals surface area contributed by atoms with Gasteiger partial charge in [0, 0.05) is 17.8 Å². The van der Waals surface area contributed by atoms with Gasteiger partial charge < -0.3 is 9.72 Å². The Morgan fingerprint density at radius 3 is 2.14 bits per heavy atom. The molecule has 0 radical (unpaired) electrons. The molecule has 0 saturated heterocycles. The molecule has 0 bridgehead atoms. The van der Waals surface area contributed by atoms with E-state index >= 15 is 0 Å². The summed E-state index contributed by atoms with van der Waals surface area (Å²) in [7, 11) is 0. The van der Waals surface area contributed by atoms with Gasteiger partial charge >= 0.3 is 6.18 Å². The highest BCUT2D eigenvalue weighted by Crippen LogP contribution is 2.29. The third kappa shape index (κ3) is 4.65. The van der Waals surface area contributed by atoms with Gasteiger partial charge in [-0.05, 0) is 17.9 Å². The molecule has 28 heavy (non-hydrogen) atoms. The summed E-state index contributed by atoms with van der Waals surface area (Å²) in [5.41, 5.74) is 1.52. The average molecular weight is 391 g/mol. The molecule has 0 unspecified atom stereocenters. The number of halogens is 3. The van der Waals surface area contributed by atoms with Crippen LogP contribution in [0.25, 0.3) is 22.8 Å². The number of nitrogens with one attached hydrogen (secondary N) is 1. The first-order chi connectivity index (χ1) is 13.0. The van der Waals surface area contributed by atoms with Crippen molar-refractivity contribution in [3.05, 3.63) is 42.1 Å². The lowest BCUT2D eigenvalue weighted by atomic mass is 9.99. The first-order valence-corrected chi connectivity index (χ1v) is 8.57. The van der Waals surface area contributed by atoms with E-state index in [1.165, 1.54) is 12.4 Å². The fraction of sp³-hybridized carbons (Fsp3) is 0.368. The Balaban J connectivity index is 1.79. The van der Waals surface area contributed by atoms with Crippen molar-refractivity contribution in [2.45, 2.75) is 33.9 Å². The largest absolute Gasteiger partial charge is 0.477 e. The predicted molar refractivity (Wildman–Crippen MR) is 97.5 cm³/mol. The topological polar surface area (TPSA) is 76.6 Å². The first kappa shape index (κ1) is 19.8. The van der Waals surface area contributed by atoms with E-state index in [9.17, 15) is 13.2 Å². The molecular formula is C19H20F3N5O. The Kier molecular flexibility index (Phi) is 5.10. The van der Waals surface area contributed by atoms with Gasteiger partial charge in [0.15, 0.2) is 5.82 Å². The molecule has 0 amide bonds. The molecule has 3 heterocycles.